The van der Waals surface area contributed by atoms with E-state index in [1.807, 2.05) is 0 Å². The van der Waals surface area contributed by atoms with Crippen molar-refractivity contribution in [2.75, 3.05) is 6.61 Å². The Hall–Kier alpha value is -1.39. The quantitative estimate of drug-likeness (QED) is 0.848. The van der Waals surface area contributed by atoms with E-state index in [1.165, 1.54) is 0 Å². The predicted molar refractivity (Wildman–Crippen MR) is 74.6 cm³/mol. The van der Waals surface area contributed by atoms with Crippen LogP contribution in [0.25, 0.3) is 10.9 Å². The molecule has 1 aromatic carbocycles. The molecule has 1 unspecified atom stereocenters. The van der Waals surface area contributed by atoms with E-state index >= 15 is 0 Å². The highest BCUT2D eigenvalue weighted by atomic mass is 35.5. The first kappa shape index (κ1) is 12.6. The fraction of sp³-hybridized carbons (Fsp3) is 0.429. The molecule has 0 amide bonds. The van der Waals surface area contributed by atoms with Gasteiger partial charge in [-0.3, -0.25) is 9.36 Å². The molecular weight excluding hydrogens is 264 g/mol. The molecule has 19 heavy (non-hydrogen) atoms. The largest absolute Gasteiger partial charge is 0.376 e. The Labute approximate surface area is 116 Å². The third-order valence-corrected chi connectivity index (χ3v) is 3.70. The van der Waals surface area contributed by atoms with Crippen molar-refractivity contribution < 1.29 is 4.74 Å². The van der Waals surface area contributed by atoms with Crippen molar-refractivity contribution in [1.82, 2.24) is 9.55 Å². The number of hydrogen-bond donors (Lipinski definition) is 0. The molecular formula is C14H15ClN2O2. The molecule has 2 aromatic rings. The second-order valence-corrected chi connectivity index (χ2v) is 5.29. The summed E-state index contributed by atoms with van der Waals surface area (Å²) in [6, 6.07) is 5.18. The van der Waals surface area contributed by atoms with Gasteiger partial charge in [0.1, 0.15) is 0 Å². The Morgan fingerprint density at radius 2 is 2.32 bits per heavy atom. The van der Waals surface area contributed by atoms with Crippen LogP contribution in [0.4, 0.5) is 0 Å². The van der Waals surface area contributed by atoms with Crippen LogP contribution in [-0.4, -0.2) is 22.3 Å². The molecule has 5 heteroatoms. The zero-order valence-electron chi connectivity index (χ0n) is 10.5. The van der Waals surface area contributed by atoms with Gasteiger partial charge in [0.05, 0.1) is 29.9 Å². The Kier molecular flexibility index (Phi) is 3.53. The number of benzene rings is 1. The van der Waals surface area contributed by atoms with Gasteiger partial charge in [-0.25, -0.2) is 4.98 Å². The van der Waals surface area contributed by atoms with E-state index in [0.717, 1.165) is 25.9 Å². The molecule has 0 spiro atoms. The van der Waals surface area contributed by atoms with E-state index in [-0.39, 0.29) is 11.7 Å². The number of aromatic nitrogens is 2. The molecule has 0 radical (unpaired) electrons. The summed E-state index contributed by atoms with van der Waals surface area (Å²) in [5.74, 6) is 0. The third-order valence-electron chi connectivity index (χ3n) is 3.46. The molecule has 100 valence electrons. The standard InChI is InChI=1S/C14H15ClN2O2/c15-10-4-5-13-12(7-10)14(18)17(9-16-13)8-11-3-1-2-6-19-11/h4-5,7,9,11H,1-3,6,8H2. The van der Waals surface area contributed by atoms with E-state index < -0.39 is 0 Å². The Morgan fingerprint density at radius 1 is 1.42 bits per heavy atom. The average molecular weight is 279 g/mol. The molecule has 0 saturated carbocycles. The highest BCUT2D eigenvalue weighted by Crippen LogP contribution is 2.16. The van der Waals surface area contributed by atoms with Crippen LogP contribution in [0.3, 0.4) is 0 Å². The van der Waals surface area contributed by atoms with Gasteiger partial charge in [0.25, 0.3) is 5.56 Å². The van der Waals surface area contributed by atoms with Crippen LogP contribution in [0, 0.1) is 0 Å². The van der Waals surface area contributed by atoms with Crippen LogP contribution >= 0.6 is 11.6 Å². The molecule has 1 fully saturated rings. The summed E-state index contributed by atoms with van der Waals surface area (Å²) in [6.45, 7) is 1.35. The van der Waals surface area contributed by atoms with Crippen LogP contribution in [0.15, 0.2) is 29.3 Å². The van der Waals surface area contributed by atoms with Crippen LogP contribution in [-0.2, 0) is 11.3 Å². The van der Waals surface area contributed by atoms with Gasteiger partial charge in [-0.15, -0.1) is 0 Å². The number of rotatable bonds is 2. The molecule has 3 rings (SSSR count). The van der Waals surface area contributed by atoms with Gasteiger partial charge in [0.15, 0.2) is 0 Å². The summed E-state index contributed by atoms with van der Waals surface area (Å²) in [6.07, 6.45) is 4.98. The summed E-state index contributed by atoms with van der Waals surface area (Å²) >= 11 is 5.93. The van der Waals surface area contributed by atoms with Gasteiger partial charge in [-0.1, -0.05) is 11.6 Å². The lowest BCUT2D eigenvalue weighted by molar-refractivity contribution is 0.00535. The van der Waals surface area contributed by atoms with Crippen LogP contribution < -0.4 is 5.56 Å². The molecule has 0 bridgehead atoms. The fourth-order valence-electron chi connectivity index (χ4n) is 2.43. The normalized spacial score (nSPS) is 19.7. The molecule has 0 N–H and O–H groups in total. The minimum atomic E-state index is -0.0540. The number of hydrogen-bond acceptors (Lipinski definition) is 3. The third kappa shape index (κ3) is 2.65. The summed E-state index contributed by atoms with van der Waals surface area (Å²) in [4.78, 5) is 16.7. The van der Waals surface area contributed by atoms with Crippen LogP contribution in [0.2, 0.25) is 5.02 Å². The summed E-state index contributed by atoms with van der Waals surface area (Å²) < 4.78 is 7.28. The average Bonchev–Trinajstić information content (AvgIpc) is 2.44. The lowest BCUT2D eigenvalue weighted by atomic mass is 10.1. The summed E-state index contributed by atoms with van der Waals surface area (Å²) in [7, 11) is 0. The van der Waals surface area contributed by atoms with Crippen molar-refractivity contribution in [2.24, 2.45) is 0 Å². The van der Waals surface area contributed by atoms with E-state index in [2.05, 4.69) is 4.98 Å². The molecule has 1 atom stereocenters. The van der Waals surface area contributed by atoms with Crippen molar-refractivity contribution in [3.8, 4) is 0 Å². The topological polar surface area (TPSA) is 44.1 Å². The van der Waals surface area contributed by atoms with E-state index in [9.17, 15) is 4.79 Å². The number of nitrogens with zero attached hydrogens (tertiary/aromatic N) is 2. The molecule has 1 aliphatic heterocycles. The molecule has 1 aromatic heterocycles. The maximum Gasteiger partial charge on any atom is 0.261 e. The first-order chi connectivity index (χ1) is 9.24. The second-order valence-electron chi connectivity index (χ2n) is 4.85. The van der Waals surface area contributed by atoms with Crippen molar-refractivity contribution in [1.29, 1.82) is 0 Å². The highest BCUT2D eigenvalue weighted by molar-refractivity contribution is 6.31. The first-order valence-corrected chi connectivity index (χ1v) is 6.88. The van der Waals surface area contributed by atoms with Crippen molar-refractivity contribution >= 4 is 22.5 Å². The number of ether oxygens (including phenoxy) is 1. The SMILES string of the molecule is O=c1c2cc(Cl)ccc2ncn1CC1CCCCO1. The molecule has 1 aliphatic rings. The van der Waals surface area contributed by atoms with Gasteiger partial charge in [-0.05, 0) is 37.5 Å². The van der Waals surface area contributed by atoms with E-state index in [1.54, 1.807) is 29.1 Å². The predicted octanol–water partition coefficient (Wildman–Crippen LogP) is 2.62. The molecule has 2 heterocycles. The maximum atomic E-state index is 12.4. The lowest BCUT2D eigenvalue weighted by Gasteiger charge is -2.23. The van der Waals surface area contributed by atoms with E-state index in [4.69, 9.17) is 16.3 Å². The Balaban J connectivity index is 1.95. The van der Waals surface area contributed by atoms with Gasteiger partial charge in [0, 0.05) is 11.6 Å². The first-order valence-electron chi connectivity index (χ1n) is 6.50. The van der Waals surface area contributed by atoms with Gasteiger partial charge < -0.3 is 4.74 Å². The van der Waals surface area contributed by atoms with Crippen molar-refractivity contribution in [3.63, 3.8) is 0 Å². The number of fused-ring (bicyclic) bond motifs is 1. The maximum absolute atomic E-state index is 12.4. The zero-order chi connectivity index (χ0) is 13.2. The second kappa shape index (κ2) is 5.31. The monoisotopic (exact) mass is 278 g/mol. The van der Waals surface area contributed by atoms with Crippen LogP contribution in [0.1, 0.15) is 19.3 Å². The van der Waals surface area contributed by atoms with Crippen LogP contribution in [0.5, 0.6) is 0 Å². The summed E-state index contributed by atoms with van der Waals surface area (Å²) in [5, 5.41) is 1.11. The smallest absolute Gasteiger partial charge is 0.261 e. The molecule has 4 nitrogen and oxygen atoms in total. The lowest BCUT2D eigenvalue weighted by Crippen LogP contribution is -2.30. The molecule has 1 saturated heterocycles. The van der Waals surface area contributed by atoms with Gasteiger partial charge in [-0.2, -0.15) is 0 Å². The molecule has 0 aliphatic carbocycles. The van der Waals surface area contributed by atoms with Gasteiger partial charge >= 0.3 is 0 Å². The van der Waals surface area contributed by atoms with E-state index in [0.29, 0.717) is 22.5 Å². The number of halogens is 1. The van der Waals surface area contributed by atoms with Crippen molar-refractivity contribution in [3.05, 3.63) is 39.9 Å². The fourth-order valence-corrected chi connectivity index (χ4v) is 2.60. The Morgan fingerprint density at radius 3 is 3.11 bits per heavy atom. The minimum Gasteiger partial charge on any atom is -0.376 e. The van der Waals surface area contributed by atoms with Crippen molar-refractivity contribution in [2.45, 2.75) is 31.9 Å². The Bertz CT molecular complexity index is 647. The minimum absolute atomic E-state index is 0.0540. The zero-order valence-corrected chi connectivity index (χ0v) is 11.3. The van der Waals surface area contributed by atoms with Gasteiger partial charge in [0.2, 0.25) is 0 Å². The summed E-state index contributed by atoms with van der Waals surface area (Å²) in [5.41, 5.74) is 0.622. The highest BCUT2D eigenvalue weighted by Gasteiger charge is 2.15.